The number of ether oxygens (including phenoxy) is 1. The lowest BCUT2D eigenvalue weighted by atomic mass is 10.2. The molecule has 1 amide bonds. The van der Waals surface area contributed by atoms with Gasteiger partial charge in [-0.25, -0.2) is 0 Å². The van der Waals surface area contributed by atoms with Gasteiger partial charge in [0.25, 0.3) is 0 Å². The number of nitrogens with zero attached hydrogens (tertiary/aromatic N) is 4. The summed E-state index contributed by atoms with van der Waals surface area (Å²) in [5.74, 6) is 1.77. The Balaban J connectivity index is 1.34. The van der Waals surface area contributed by atoms with E-state index < -0.39 is 0 Å². The molecule has 1 atom stereocenters. The number of benzene rings is 1. The Labute approximate surface area is 182 Å². The predicted octanol–water partition coefficient (Wildman–Crippen LogP) is 4.56. The van der Waals surface area contributed by atoms with E-state index in [4.69, 9.17) is 16.3 Å². The second-order valence-corrected chi connectivity index (χ2v) is 9.06. The molecule has 9 heteroatoms. The van der Waals surface area contributed by atoms with Gasteiger partial charge in [-0.3, -0.25) is 4.79 Å². The number of amides is 1. The first-order chi connectivity index (χ1) is 14.1. The molecular formula is C20H21ClN4O2S2. The number of rotatable bonds is 7. The highest BCUT2D eigenvalue weighted by Crippen LogP contribution is 2.35. The van der Waals surface area contributed by atoms with Crippen LogP contribution in [0.5, 0.6) is 5.75 Å². The molecule has 0 saturated carbocycles. The van der Waals surface area contributed by atoms with E-state index in [0.29, 0.717) is 27.5 Å². The van der Waals surface area contributed by atoms with Crippen LogP contribution >= 0.6 is 34.7 Å². The highest BCUT2D eigenvalue weighted by Gasteiger charge is 2.30. The highest BCUT2D eigenvalue weighted by atomic mass is 35.5. The fourth-order valence-electron chi connectivity index (χ4n) is 3.35. The van der Waals surface area contributed by atoms with E-state index in [1.165, 1.54) is 16.6 Å². The molecule has 152 valence electrons. The number of thiophene rings is 1. The van der Waals surface area contributed by atoms with E-state index in [-0.39, 0.29) is 18.6 Å². The van der Waals surface area contributed by atoms with Crippen molar-refractivity contribution in [1.82, 2.24) is 19.7 Å². The molecule has 1 aliphatic rings. The number of para-hydroxylation sites is 1. The molecule has 4 rings (SSSR count). The third-order valence-corrected chi connectivity index (χ3v) is 7.18. The first-order valence-corrected chi connectivity index (χ1v) is 11.6. The van der Waals surface area contributed by atoms with Gasteiger partial charge >= 0.3 is 0 Å². The minimum atomic E-state index is 0.141. The van der Waals surface area contributed by atoms with Gasteiger partial charge in [0.2, 0.25) is 5.91 Å². The van der Waals surface area contributed by atoms with Crippen molar-refractivity contribution < 1.29 is 9.53 Å². The fraction of sp³-hybridized carbons (Fsp3) is 0.350. The summed E-state index contributed by atoms with van der Waals surface area (Å²) < 4.78 is 7.60. The number of aromatic nitrogens is 3. The Morgan fingerprint density at radius 2 is 2.17 bits per heavy atom. The fourth-order valence-corrected chi connectivity index (χ4v) is 5.23. The van der Waals surface area contributed by atoms with Gasteiger partial charge in [-0.2, -0.15) is 0 Å². The van der Waals surface area contributed by atoms with Crippen LogP contribution in [0.1, 0.15) is 29.6 Å². The maximum atomic E-state index is 12.8. The van der Waals surface area contributed by atoms with Crippen LogP contribution in [0.15, 0.2) is 46.9 Å². The second-order valence-electron chi connectivity index (χ2n) is 6.73. The van der Waals surface area contributed by atoms with E-state index in [2.05, 4.69) is 21.6 Å². The van der Waals surface area contributed by atoms with Crippen molar-refractivity contribution in [2.75, 3.05) is 12.3 Å². The van der Waals surface area contributed by atoms with E-state index in [1.807, 2.05) is 40.8 Å². The van der Waals surface area contributed by atoms with Crippen molar-refractivity contribution in [3.05, 3.63) is 57.5 Å². The Hall–Kier alpha value is -2.03. The number of thioether (sulfide) groups is 1. The maximum Gasteiger partial charge on any atom is 0.233 e. The zero-order valence-corrected chi connectivity index (χ0v) is 18.3. The van der Waals surface area contributed by atoms with Gasteiger partial charge in [0, 0.05) is 18.5 Å². The number of carbonyl (C=O) groups excluding carboxylic acids is 1. The van der Waals surface area contributed by atoms with Crippen molar-refractivity contribution in [3.8, 4) is 5.75 Å². The molecule has 3 aromatic rings. The minimum absolute atomic E-state index is 0.141. The second kappa shape index (κ2) is 9.19. The molecule has 0 spiro atoms. The number of likely N-dealkylation sites (tertiary alicyclic amines) is 1. The average Bonchev–Trinajstić information content (AvgIpc) is 3.47. The lowest BCUT2D eigenvalue weighted by molar-refractivity contribution is -0.129. The molecule has 1 aromatic carbocycles. The first-order valence-electron chi connectivity index (χ1n) is 9.34. The minimum Gasteiger partial charge on any atom is -0.484 e. The van der Waals surface area contributed by atoms with Gasteiger partial charge in [-0.1, -0.05) is 41.6 Å². The number of hydrogen-bond acceptors (Lipinski definition) is 6. The van der Waals surface area contributed by atoms with Crippen LogP contribution in [0.25, 0.3) is 0 Å². The molecule has 0 radical (unpaired) electrons. The van der Waals surface area contributed by atoms with Crippen LogP contribution < -0.4 is 4.74 Å². The van der Waals surface area contributed by atoms with E-state index >= 15 is 0 Å². The summed E-state index contributed by atoms with van der Waals surface area (Å²) in [5.41, 5.74) is 0. The van der Waals surface area contributed by atoms with Gasteiger partial charge < -0.3 is 14.2 Å². The Kier molecular flexibility index (Phi) is 6.42. The van der Waals surface area contributed by atoms with Crippen LogP contribution in [0, 0.1) is 0 Å². The summed E-state index contributed by atoms with van der Waals surface area (Å²) in [4.78, 5) is 16.1. The molecule has 0 N–H and O–H groups in total. The summed E-state index contributed by atoms with van der Waals surface area (Å²) in [6.45, 7) is 1.08. The van der Waals surface area contributed by atoms with Crippen molar-refractivity contribution in [1.29, 1.82) is 0 Å². The summed E-state index contributed by atoms with van der Waals surface area (Å²) >= 11 is 9.24. The molecule has 0 aliphatic carbocycles. The summed E-state index contributed by atoms with van der Waals surface area (Å²) in [7, 11) is 1.88. The standard InChI is InChI=1S/C20H21ClN4O2S2/c1-24-18(12-27-16-8-3-2-6-14(16)21)22-23-20(24)29-13-19(26)25-10-4-7-15(25)17-9-5-11-28-17/h2-3,5-6,8-9,11,15H,4,7,10,12-13H2,1H3. The van der Waals surface area contributed by atoms with Crippen molar-refractivity contribution in [2.45, 2.75) is 30.6 Å². The van der Waals surface area contributed by atoms with Crippen molar-refractivity contribution >= 4 is 40.6 Å². The van der Waals surface area contributed by atoms with Gasteiger partial charge in [0.15, 0.2) is 11.0 Å². The van der Waals surface area contributed by atoms with Gasteiger partial charge in [-0.05, 0) is 36.4 Å². The number of carbonyl (C=O) groups is 1. The summed E-state index contributed by atoms with van der Waals surface area (Å²) in [6.07, 6.45) is 2.08. The van der Waals surface area contributed by atoms with Crippen LogP contribution in [0.2, 0.25) is 5.02 Å². The molecule has 1 aliphatic heterocycles. The third kappa shape index (κ3) is 4.60. The van der Waals surface area contributed by atoms with Crippen LogP contribution in [0.4, 0.5) is 0 Å². The number of halogens is 1. The van der Waals surface area contributed by atoms with Crippen molar-refractivity contribution in [3.63, 3.8) is 0 Å². The summed E-state index contributed by atoms with van der Waals surface area (Å²) in [5, 5.41) is 11.7. The molecule has 0 bridgehead atoms. The Bertz CT molecular complexity index is 977. The summed E-state index contributed by atoms with van der Waals surface area (Å²) in [6, 6.07) is 11.7. The van der Waals surface area contributed by atoms with E-state index in [1.54, 1.807) is 17.4 Å². The zero-order chi connectivity index (χ0) is 20.2. The molecule has 1 unspecified atom stereocenters. The lowest BCUT2D eigenvalue weighted by Crippen LogP contribution is -2.31. The average molecular weight is 449 g/mol. The monoisotopic (exact) mass is 448 g/mol. The van der Waals surface area contributed by atoms with Crippen LogP contribution in [-0.2, 0) is 18.4 Å². The topological polar surface area (TPSA) is 60.2 Å². The Morgan fingerprint density at radius 3 is 2.97 bits per heavy atom. The molecule has 1 saturated heterocycles. The molecular weight excluding hydrogens is 428 g/mol. The third-order valence-electron chi connectivity index (χ3n) is 4.89. The van der Waals surface area contributed by atoms with E-state index in [9.17, 15) is 4.79 Å². The molecule has 2 aromatic heterocycles. The molecule has 29 heavy (non-hydrogen) atoms. The Morgan fingerprint density at radius 1 is 1.31 bits per heavy atom. The lowest BCUT2D eigenvalue weighted by Gasteiger charge is -2.23. The van der Waals surface area contributed by atoms with E-state index in [0.717, 1.165) is 19.4 Å². The quantitative estimate of drug-likeness (QED) is 0.495. The van der Waals surface area contributed by atoms with Crippen LogP contribution in [0.3, 0.4) is 0 Å². The maximum absolute atomic E-state index is 12.8. The van der Waals surface area contributed by atoms with Crippen molar-refractivity contribution in [2.24, 2.45) is 7.05 Å². The van der Waals surface area contributed by atoms with Gasteiger partial charge in [-0.15, -0.1) is 21.5 Å². The first kappa shape index (κ1) is 20.3. The highest BCUT2D eigenvalue weighted by molar-refractivity contribution is 7.99. The van der Waals surface area contributed by atoms with Crippen LogP contribution in [-0.4, -0.2) is 37.9 Å². The van der Waals surface area contributed by atoms with Gasteiger partial charge in [0.1, 0.15) is 12.4 Å². The normalized spacial score (nSPS) is 16.3. The zero-order valence-electron chi connectivity index (χ0n) is 16.0. The molecule has 1 fully saturated rings. The SMILES string of the molecule is Cn1c(COc2ccccc2Cl)nnc1SCC(=O)N1CCCC1c1cccs1. The largest absolute Gasteiger partial charge is 0.484 e. The predicted molar refractivity (Wildman–Crippen MR) is 116 cm³/mol. The molecule has 3 heterocycles. The molecule has 6 nitrogen and oxygen atoms in total. The smallest absolute Gasteiger partial charge is 0.233 e. The van der Waals surface area contributed by atoms with Gasteiger partial charge in [0.05, 0.1) is 16.8 Å². The number of hydrogen-bond donors (Lipinski definition) is 0.